The number of halogens is 1. The highest BCUT2D eigenvalue weighted by molar-refractivity contribution is 5.92. The molecule has 1 amide bonds. The van der Waals surface area contributed by atoms with E-state index in [2.05, 4.69) is 10.4 Å². The molecule has 0 radical (unpaired) electrons. The quantitative estimate of drug-likeness (QED) is 0.857. The van der Waals surface area contributed by atoms with Gasteiger partial charge in [0.25, 0.3) is 11.5 Å². The van der Waals surface area contributed by atoms with Crippen LogP contribution in [-0.4, -0.2) is 27.8 Å². The molecular formula is C17H21ClN4O2. The molecule has 1 aromatic carbocycles. The molecule has 1 aliphatic carbocycles. The number of hydrogen-bond donors (Lipinski definition) is 2. The van der Waals surface area contributed by atoms with Gasteiger partial charge in [0.1, 0.15) is 5.69 Å². The van der Waals surface area contributed by atoms with Crippen LogP contribution in [-0.2, 0) is 0 Å². The van der Waals surface area contributed by atoms with Gasteiger partial charge in [-0.3, -0.25) is 9.59 Å². The van der Waals surface area contributed by atoms with Crippen LogP contribution in [0.4, 0.5) is 0 Å². The van der Waals surface area contributed by atoms with Gasteiger partial charge >= 0.3 is 0 Å². The van der Waals surface area contributed by atoms with Crippen LogP contribution in [0.15, 0.2) is 47.3 Å². The first-order valence-electron chi connectivity index (χ1n) is 7.72. The lowest BCUT2D eigenvalue weighted by atomic mass is 9.96. The van der Waals surface area contributed by atoms with Crippen molar-refractivity contribution in [3.05, 3.63) is 58.5 Å². The third-order valence-corrected chi connectivity index (χ3v) is 4.34. The zero-order chi connectivity index (χ0) is 16.4. The summed E-state index contributed by atoms with van der Waals surface area (Å²) in [5.41, 5.74) is 5.95. The van der Waals surface area contributed by atoms with Crippen LogP contribution in [0.2, 0.25) is 0 Å². The van der Waals surface area contributed by atoms with Gasteiger partial charge in [-0.05, 0) is 43.9 Å². The Morgan fingerprint density at radius 1 is 1.29 bits per heavy atom. The molecule has 128 valence electrons. The number of nitrogens with one attached hydrogen (secondary N) is 1. The molecule has 1 aromatic heterocycles. The summed E-state index contributed by atoms with van der Waals surface area (Å²) in [7, 11) is 0. The topological polar surface area (TPSA) is 90.0 Å². The van der Waals surface area contributed by atoms with Crippen molar-refractivity contribution >= 4 is 18.3 Å². The van der Waals surface area contributed by atoms with E-state index in [1.165, 1.54) is 16.8 Å². The molecule has 7 heteroatoms. The van der Waals surface area contributed by atoms with Gasteiger partial charge in [-0.25, -0.2) is 0 Å². The summed E-state index contributed by atoms with van der Waals surface area (Å²) >= 11 is 0. The molecule has 6 nitrogen and oxygen atoms in total. The summed E-state index contributed by atoms with van der Waals surface area (Å²) in [6.45, 7) is 2.33. The molecule has 1 atom stereocenters. The molecular weight excluding hydrogens is 328 g/mol. The highest BCUT2D eigenvalue weighted by Gasteiger charge is 2.41. The molecule has 0 aliphatic heterocycles. The SMILES string of the molecule is CC(CN)(NC(=O)c1ccc(=O)n(-c2ccccc2)n1)C1CC1.Cl. The molecule has 0 saturated heterocycles. The fraction of sp³-hybridized carbons (Fsp3) is 0.353. The molecule has 1 heterocycles. The highest BCUT2D eigenvalue weighted by atomic mass is 35.5. The lowest BCUT2D eigenvalue weighted by molar-refractivity contribution is 0.0890. The number of hydrogen-bond acceptors (Lipinski definition) is 4. The maximum absolute atomic E-state index is 12.5. The maximum Gasteiger partial charge on any atom is 0.272 e. The minimum Gasteiger partial charge on any atom is -0.344 e. The van der Waals surface area contributed by atoms with E-state index < -0.39 is 5.54 Å². The number of aromatic nitrogens is 2. The van der Waals surface area contributed by atoms with Crippen molar-refractivity contribution in [3.63, 3.8) is 0 Å². The zero-order valence-corrected chi connectivity index (χ0v) is 14.3. The number of para-hydroxylation sites is 1. The summed E-state index contributed by atoms with van der Waals surface area (Å²) in [4.78, 5) is 24.5. The molecule has 1 unspecified atom stereocenters. The van der Waals surface area contributed by atoms with Crippen LogP contribution in [0, 0.1) is 5.92 Å². The summed E-state index contributed by atoms with van der Waals surface area (Å²) in [5, 5.41) is 7.17. The van der Waals surface area contributed by atoms with Gasteiger partial charge < -0.3 is 11.1 Å². The highest BCUT2D eigenvalue weighted by Crippen LogP contribution is 2.39. The van der Waals surface area contributed by atoms with Crippen LogP contribution in [0.1, 0.15) is 30.3 Å². The first kappa shape index (κ1) is 18.2. The minimum atomic E-state index is -0.424. The van der Waals surface area contributed by atoms with Crippen molar-refractivity contribution in [3.8, 4) is 5.69 Å². The van der Waals surface area contributed by atoms with Crippen molar-refractivity contribution in [1.29, 1.82) is 0 Å². The lowest BCUT2D eigenvalue weighted by Crippen LogP contribution is -2.53. The third-order valence-electron chi connectivity index (χ3n) is 4.34. The fourth-order valence-corrected chi connectivity index (χ4v) is 2.65. The Labute approximate surface area is 146 Å². The third kappa shape index (κ3) is 3.66. The Hall–Kier alpha value is -2.18. The van der Waals surface area contributed by atoms with Gasteiger partial charge in [-0.2, -0.15) is 9.78 Å². The van der Waals surface area contributed by atoms with E-state index >= 15 is 0 Å². The second kappa shape index (κ2) is 7.15. The average Bonchev–Trinajstić information content (AvgIpc) is 3.41. The Balaban J connectivity index is 0.00000208. The number of nitrogens with zero attached hydrogens (tertiary/aromatic N) is 2. The van der Waals surface area contributed by atoms with E-state index in [9.17, 15) is 9.59 Å². The largest absolute Gasteiger partial charge is 0.344 e. The molecule has 0 bridgehead atoms. The fourth-order valence-electron chi connectivity index (χ4n) is 2.65. The standard InChI is InChI=1S/C17H20N4O2.ClH/c1-17(11-18,12-7-8-12)19-16(23)14-9-10-15(22)21(20-14)13-5-3-2-4-6-13;/h2-6,9-10,12H,7-8,11,18H2,1H3,(H,19,23);1H. The van der Waals surface area contributed by atoms with Gasteiger partial charge in [-0.1, -0.05) is 18.2 Å². The Morgan fingerprint density at radius 2 is 1.96 bits per heavy atom. The van der Waals surface area contributed by atoms with Gasteiger partial charge in [-0.15, -0.1) is 12.4 Å². The van der Waals surface area contributed by atoms with Gasteiger partial charge in [0, 0.05) is 12.6 Å². The van der Waals surface area contributed by atoms with Gasteiger partial charge in [0.15, 0.2) is 0 Å². The molecule has 3 N–H and O–H groups in total. The first-order chi connectivity index (χ1) is 11.0. The molecule has 24 heavy (non-hydrogen) atoms. The van der Waals surface area contributed by atoms with Crippen molar-refractivity contribution in [2.45, 2.75) is 25.3 Å². The van der Waals surface area contributed by atoms with Crippen LogP contribution < -0.4 is 16.6 Å². The zero-order valence-electron chi connectivity index (χ0n) is 13.4. The monoisotopic (exact) mass is 348 g/mol. The second-order valence-corrected chi connectivity index (χ2v) is 6.15. The molecule has 0 spiro atoms. The number of amides is 1. The summed E-state index contributed by atoms with van der Waals surface area (Å²) in [5.74, 6) is 0.103. The van der Waals surface area contributed by atoms with Crippen molar-refractivity contribution in [1.82, 2.24) is 15.1 Å². The Morgan fingerprint density at radius 3 is 2.54 bits per heavy atom. The normalized spacial score (nSPS) is 15.9. The van der Waals surface area contributed by atoms with Gasteiger partial charge in [0.2, 0.25) is 0 Å². The number of rotatable bonds is 5. The van der Waals surface area contributed by atoms with Gasteiger partial charge in [0.05, 0.1) is 11.2 Å². The molecule has 2 aromatic rings. The van der Waals surface area contributed by atoms with E-state index in [1.807, 2.05) is 25.1 Å². The minimum absolute atomic E-state index is 0. The van der Waals surface area contributed by atoms with E-state index in [-0.39, 0.29) is 29.6 Å². The van der Waals surface area contributed by atoms with Crippen molar-refractivity contribution in [2.75, 3.05) is 6.54 Å². The maximum atomic E-state index is 12.5. The average molecular weight is 349 g/mol. The Bertz CT molecular complexity index is 774. The number of carbonyl (C=O) groups is 1. The summed E-state index contributed by atoms with van der Waals surface area (Å²) in [6, 6.07) is 11.8. The van der Waals surface area contributed by atoms with Crippen LogP contribution in [0.25, 0.3) is 5.69 Å². The van der Waals surface area contributed by atoms with Crippen LogP contribution in [0.5, 0.6) is 0 Å². The van der Waals surface area contributed by atoms with E-state index in [0.717, 1.165) is 12.8 Å². The van der Waals surface area contributed by atoms with Crippen LogP contribution in [0.3, 0.4) is 0 Å². The van der Waals surface area contributed by atoms with E-state index in [1.54, 1.807) is 12.1 Å². The van der Waals surface area contributed by atoms with Crippen molar-refractivity contribution < 1.29 is 4.79 Å². The Kier molecular flexibility index (Phi) is 5.41. The van der Waals surface area contributed by atoms with Crippen LogP contribution >= 0.6 is 12.4 Å². The smallest absolute Gasteiger partial charge is 0.272 e. The number of nitrogens with two attached hydrogens (primary N) is 1. The predicted molar refractivity (Wildman–Crippen MR) is 94.7 cm³/mol. The van der Waals surface area contributed by atoms with Crippen molar-refractivity contribution in [2.24, 2.45) is 11.7 Å². The predicted octanol–water partition coefficient (Wildman–Crippen LogP) is 1.51. The summed E-state index contributed by atoms with van der Waals surface area (Å²) in [6.07, 6.45) is 2.15. The molecule has 3 rings (SSSR count). The molecule has 1 fully saturated rings. The number of benzene rings is 1. The lowest BCUT2D eigenvalue weighted by Gasteiger charge is -2.29. The molecule has 1 aliphatic rings. The number of carbonyl (C=O) groups excluding carboxylic acids is 1. The second-order valence-electron chi connectivity index (χ2n) is 6.15. The molecule has 1 saturated carbocycles. The first-order valence-corrected chi connectivity index (χ1v) is 7.72. The van der Waals surface area contributed by atoms with E-state index in [0.29, 0.717) is 18.2 Å². The van der Waals surface area contributed by atoms with E-state index in [4.69, 9.17) is 5.73 Å². The summed E-state index contributed by atoms with van der Waals surface area (Å²) < 4.78 is 1.23.